The molecular weight excluding hydrogens is 252 g/mol. The van der Waals surface area contributed by atoms with Gasteiger partial charge in [-0.3, -0.25) is 19.7 Å². The summed E-state index contributed by atoms with van der Waals surface area (Å²) >= 11 is 0. The number of hydrogen-bond donors (Lipinski definition) is 0. The van der Waals surface area contributed by atoms with Crippen molar-refractivity contribution in [1.29, 1.82) is 0 Å². The van der Waals surface area contributed by atoms with Crippen LogP contribution in [0.2, 0.25) is 0 Å². The van der Waals surface area contributed by atoms with Crippen molar-refractivity contribution >= 4 is 17.4 Å². The van der Waals surface area contributed by atoms with Crippen molar-refractivity contribution in [3.63, 3.8) is 0 Å². The van der Waals surface area contributed by atoms with Crippen molar-refractivity contribution in [1.82, 2.24) is 4.90 Å². The molecule has 1 amide bonds. The number of ether oxygens (including phenoxy) is 1. The first kappa shape index (κ1) is 13.0. The number of amides is 1. The van der Waals surface area contributed by atoms with E-state index in [1.54, 1.807) is 0 Å². The Bertz CT molecular complexity index is 555. The van der Waals surface area contributed by atoms with Crippen LogP contribution in [-0.2, 0) is 16.1 Å². The van der Waals surface area contributed by atoms with Gasteiger partial charge in [-0.1, -0.05) is 0 Å². The molecule has 0 aromatic heterocycles. The maximum absolute atomic E-state index is 11.5. The molecule has 0 N–H and O–H groups in total. The van der Waals surface area contributed by atoms with Crippen molar-refractivity contribution in [2.24, 2.45) is 0 Å². The topological polar surface area (TPSA) is 89.8 Å². The number of carbonyl (C=O) groups excluding carboxylic acids is 2. The molecule has 0 radical (unpaired) electrons. The molecule has 0 aliphatic carbocycles. The van der Waals surface area contributed by atoms with Gasteiger partial charge in [0.05, 0.1) is 24.1 Å². The molecule has 1 aliphatic rings. The Kier molecular flexibility index (Phi) is 3.46. The number of nitro benzene ring substituents is 1. The largest absolute Gasteiger partial charge is 0.497 e. The van der Waals surface area contributed by atoms with Gasteiger partial charge in [-0.05, 0) is 12.1 Å². The Labute approximate surface area is 108 Å². The first-order valence-corrected chi connectivity index (χ1v) is 5.66. The smallest absolute Gasteiger partial charge is 0.290 e. The molecule has 2 rings (SSSR count). The average molecular weight is 264 g/mol. The molecule has 1 aliphatic heterocycles. The Morgan fingerprint density at radius 3 is 2.68 bits per heavy atom. The summed E-state index contributed by atoms with van der Waals surface area (Å²) in [6.45, 7) is 0.337. The quantitative estimate of drug-likeness (QED) is 0.458. The highest BCUT2D eigenvalue weighted by molar-refractivity contribution is 6.37. The van der Waals surface area contributed by atoms with Crippen LogP contribution < -0.4 is 4.74 Å². The van der Waals surface area contributed by atoms with Gasteiger partial charge in [0.25, 0.3) is 11.6 Å². The average Bonchev–Trinajstić information content (AvgIpc) is 2.70. The van der Waals surface area contributed by atoms with Crippen molar-refractivity contribution < 1.29 is 19.2 Å². The number of nitrogens with zero attached hydrogens (tertiary/aromatic N) is 2. The van der Waals surface area contributed by atoms with Crippen LogP contribution in [0.4, 0.5) is 5.69 Å². The second-order valence-corrected chi connectivity index (χ2v) is 4.15. The Balaban J connectivity index is 2.30. The molecule has 0 atom stereocenters. The molecule has 1 aromatic carbocycles. The van der Waals surface area contributed by atoms with E-state index in [0.29, 0.717) is 17.9 Å². The molecular formula is C12H12N2O5. The van der Waals surface area contributed by atoms with E-state index < -0.39 is 16.6 Å². The third-order valence-corrected chi connectivity index (χ3v) is 2.98. The van der Waals surface area contributed by atoms with Crippen molar-refractivity contribution in [3.05, 3.63) is 33.9 Å². The van der Waals surface area contributed by atoms with Crippen molar-refractivity contribution in [2.75, 3.05) is 13.7 Å². The Hall–Kier alpha value is -2.44. The summed E-state index contributed by atoms with van der Waals surface area (Å²) in [7, 11) is 1.45. The van der Waals surface area contributed by atoms with Crippen molar-refractivity contribution in [2.45, 2.75) is 13.0 Å². The minimum absolute atomic E-state index is 0.0398. The molecule has 1 fully saturated rings. The van der Waals surface area contributed by atoms with E-state index in [1.807, 2.05) is 0 Å². The normalized spacial score (nSPS) is 14.9. The zero-order chi connectivity index (χ0) is 14.0. The molecule has 1 aromatic rings. The van der Waals surface area contributed by atoms with Crippen LogP contribution in [0, 0.1) is 10.1 Å². The lowest BCUT2D eigenvalue weighted by atomic mass is 10.1. The zero-order valence-electron chi connectivity index (χ0n) is 10.3. The predicted molar refractivity (Wildman–Crippen MR) is 64.7 cm³/mol. The van der Waals surface area contributed by atoms with Gasteiger partial charge in [-0.25, -0.2) is 0 Å². The summed E-state index contributed by atoms with van der Waals surface area (Å²) in [5.74, 6) is -0.568. The van der Waals surface area contributed by atoms with Gasteiger partial charge in [-0.2, -0.15) is 0 Å². The van der Waals surface area contributed by atoms with Gasteiger partial charge in [0.15, 0.2) is 0 Å². The maximum Gasteiger partial charge on any atom is 0.290 e. The number of rotatable bonds is 4. The summed E-state index contributed by atoms with van der Waals surface area (Å²) in [6.07, 6.45) is 0.163. The number of likely N-dealkylation sites (tertiary alicyclic amines) is 1. The number of methoxy groups -OCH3 is 1. The number of benzene rings is 1. The van der Waals surface area contributed by atoms with Crippen LogP contribution in [0.1, 0.15) is 12.0 Å². The number of carbonyl (C=O) groups is 2. The Morgan fingerprint density at radius 2 is 2.16 bits per heavy atom. The van der Waals surface area contributed by atoms with E-state index in [0.717, 1.165) is 0 Å². The highest BCUT2D eigenvalue weighted by Gasteiger charge is 2.30. The molecule has 19 heavy (non-hydrogen) atoms. The lowest BCUT2D eigenvalue weighted by Crippen LogP contribution is -2.27. The molecule has 7 nitrogen and oxygen atoms in total. The standard InChI is InChI=1S/C12H12N2O5/c1-19-9-2-3-10(14(17)18)8(6-9)7-13-5-4-11(15)12(13)16/h2-3,6H,4-5,7H2,1H3. The molecule has 0 unspecified atom stereocenters. The zero-order valence-corrected chi connectivity index (χ0v) is 10.3. The van der Waals surface area contributed by atoms with Gasteiger partial charge in [-0.15, -0.1) is 0 Å². The second-order valence-electron chi connectivity index (χ2n) is 4.15. The van der Waals surface area contributed by atoms with Crippen LogP contribution in [-0.4, -0.2) is 35.2 Å². The highest BCUT2D eigenvalue weighted by atomic mass is 16.6. The van der Waals surface area contributed by atoms with E-state index >= 15 is 0 Å². The van der Waals surface area contributed by atoms with Gasteiger partial charge in [0, 0.05) is 19.0 Å². The fourth-order valence-electron chi connectivity index (χ4n) is 1.97. The molecule has 7 heteroatoms. The number of nitro groups is 1. The summed E-state index contributed by atoms with van der Waals surface area (Å²) in [6, 6.07) is 4.32. The SMILES string of the molecule is COc1ccc([N+](=O)[O-])c(CN2CCC(=O)C2=O)c1. The lowest BCUT2D eigenvalue weighted by Gasteiger charge is -2.15. The fourth-order valence-corrected chi connectivity index (χ4v) is 1.97. The Morgan fingerprint density at radius 1 is 1.42 bits per heavy atom. The molecule has 1 saturated heterocycles. The summed E-state index contributed by atoms with van der Waals surface area (Å²) < 4.78 is 5.01. The number of Topliss-reactive ketones (excluding diaryl/α,β-unsaturated/α-hetero) is 1. The summed E-state index contributed by atoms with van der Waals surface area (Å²) in [5, 5.41) is 10.9. The van der Waals surface area contributed by atoms with E-state index in [2.05, 4.69) is 0 Å². The van der Waals surface area contributed by atoms with E-state index in [-0.39, 0.29) is 18.7 Å². The first-order chi connectivity index (χ1) is 9.02. The minimum Gasteiger partial charge on any atom is -0.497 e. The number of hydrogen-bond acceptors (Lipinski definition) is 5. The molecule has 1 heterocycles. The third-order valence-electron chi connectivity index (χ3n) is 2.98. The van der Waals surface area contributed by atoms with E-state index in [1.165, 1.54) is 30.2 Å². The van der Waals surface area contributed by atoms with Crippen LogP contribution in [0.15, 0.2) is 18.2 Å². The van der Waals surface area contributed by atoms with Gasteiger partial charge >= 0.3 is 0 Å². The fraction of sp³-hybridized carbons (Fsp3) is 0.333. The predicted octanol–water partition coefficient (Wildman–Crippen LogP) is 0.905. The maximum atomic E-state index is 11.5. The summed E-state index contributed by atoms with van der Waals surface area (Å²) in [4.78, 5) is 34.4. The van der Waals surface area contributed by atoms with E-state index in [9.17, 15) is 19.7 Å². The second kappa shape index (κ2) is 5.05. The van der Waals surface area contributed by atoms with Crippen molar-refractivity contribution in [3.8, 4) is 5.75 Å². The third kappa shape index (κ3) is 2.54. The van der Waals surface area contributed by atoms with Crippen LogP contribution in [0.5, 0.6) is 5.75 Å². The first-order valence-electron chi connectivity index (χ1n) is 5.66. The van der Waals surface area contributed by atoms with Crippen LogP contribution in [0.3, 0.4) is 0 Å². The molecule has 0 saturated carbocycles. The van der Waals surface area contributed by atoms with Gasteiger partial charge in [0.2, 0.25) is 5.78 Å². The monoisotopic (exact) mass is 264 g/mol. The minimum atomic E-state index is -0.586. The highest BCUT2D eigenvalue weighted by Crippen LogP contribution is 2.26. The number of ketones is 1. The molecule has 0 bridgehead atoms. The molecule has 0 spiro atoms. The van der Waals surface area contributed by atoms with E-state index in [4.69, 9.17) is 4.74 Å². The summed E-state index contributed by atoms with van der Waals surface area (Å²) in [5.41, 5.74) is 0.264. The molecule has 100 valence electrons. The lowest BCUT2D eigenvalue weighted by molar-refractivity contribution is -0.385. The van der Waals surface area contributed by atoms with Gasteiger partial charge in [0.1, 0.15) is 5.75 Å². The van der Waals surface area contributed by atoms with Gasteiger partial charge < -0.3 is 9.64 Å². The van der Waals surface area contributed by atoms with Crippen LogP contribution in [0.25, 0.3) is 0 Å². The van der Waals surface area contributed by atoms with Crippen LogP contribution >= 0.6 is 0 Å².